The molecule has 6 aromatic rings. The molecule has 306 valence electrons. The van der Waals surface area contributed by atoms with Crippen molar-refractivity contribution in [2.75, 3.05) is 0 Å². The highest BCUT2D eigenvalue weighted by Crippen LogP contribution is 2.46. The van der Waals surface area contributed by atoms with E-state index in [0.29, 0.717) is 54.6 Å². The maximum Gasteiger partial charge on any atom is 0.417 e. The van der Waals surface area contributed by atoms with Crippen LogP contribution in [0, 0.1) is 47.1 Å². The molecule has 1 aliphatic carbocycles. The molecule has 0 amide bonds. The number of halogens is 14. The van der Waals surface area contributed by atoms with E-state index in [4.69, 9.17) is 6.57 Å². The van der Waals surface area contributed by atoms with Crippen LogP contribution in [0.2, 0.25) is 0 Å². The molecule has 0 spiro atoms. The number of nitriles is 1. The third-order valence-electron chi connectivity index (χ3n) is 8.81. The summed E-state index contributed by atoms with van der Waals surface area (Å²) in [6.07, 6.45) is -14.9. The van der Waals surface area contributed by atoms with Crippen LogP contribution < -0.4 is 0 Å². The van der Waals surface area contributed by atoms with Crippen molar-refractivity contribution in [3.05, 3.63) is 153 Å². The van der Waals surface area contributed by atoms with Gasteiger partial charge in [-0.2, -0.15) is 56.3 Å². The van der Waals surface area contributed by atoms with E-state index in [1.54, 1.807) is 0 Å². The molecule has 0 bridgehead atoms. The zero-order valence-corrected chi connectivity index (χ0v) is 29.3. The molecule has 0 fully saturated rings. The summed E-state index contributed by atoms with van der Waals surface area (Å²) in [5.41, 5.74) is -18.8. The van der Waals surface area contributed by atoms with E-state index in [1.165, 1.54) is 6.19 Å². The molecule has 0 saturated carbocycles. The molecule has 8 nitrogen and oxygen atoms in total. The minimum atomic E-state index is -5.45. The number of hydrogen-bond donors (Lipinski definition) is 0. The molecule has 0 N–H and O–H groups in total. The van der Waals surface area contributed by atoms with Gasteiger partial charge in [-0.05, 0) is 66.7 Å². The molecule has 0 aliphatic heterocycles. The molecule has 4 aromatic carbocycles. The fraction of sp³-hybridized carbons (Fsp3) is 0.0769. The second kappa shape index (κ2) is 14.9. The molecule has 7 rings (SSSR count). The first-order valence-electron chi connectivity index (χ1n) is 16.5. The average Bonchev–Trinajstić information content (AvgIpc) is 3.17. The topological polar surface area (TPSA) is 104 Å². The van der Waals surface area contributed by atoms with Gasteiger partial charge in [0.15, 0.2) is 0 Å². The number of rotatable bonds is 4. The lowest BCUT2D eigenvalue weighted by Crippen LogP contribution is -2.29. The number of benzene rings is 4. The monoisotopic (exact) mass is 858 g/mol. The first-order chi connectivity index (χ1) is 28.6. The highest BCUT2D eigenvalue weighted by molar-refractivity contribution is 6.29. The maximum atomic E-state index is 15.5. The van der Waals surface area contributed by atoms with Crippen molar-refractivity contribution in [2.45, 2.75) is 18.5 Å². The fourth-order valence-electron chi connectivity index (χ4n) is 6.36. The van der Waals surface area contributed by atoms with E-state index in [2.05, 4.69) is 35.0 Å². The van der Waals surface area contributed by atoms with Crippen LogP contribution in [0.1, 0.15) is 39.5 Å². The van der Waals surface area contributed by atoms with Crippen LogP contribution in [0.3, 0.4) is 0 Å². The van der Waals surface area contributed by atoms with Crippen LogP contribution in [-0.4, -0.2) is 31.4 Å². The standard InChI is InChI=1S/C39H12F14N8/c1-55-61-36-34-32(57-27(19-6-2-15(40)10-23(19)37(45,46)47)28(59-34)20-7-3-16(41)11-24(20)38(48,49)50)31(56-14-54)33-35(36)60-30(22-9-5-18(43)13-26(22)44)29(58-33)21-8-4-17(42)12-25(21)39(51,52)53/h2-13H/b56-31-,61-36+. The number of alkyl halides is 9. The van der Waals surface area contributed by atoms with Gasteiger partial charge in [0, 0.05) is 28.3 Å². The van der Waals surface area contributed by atoms with Crippen molar-refractivity contribution in [3.63, 3.8) is 0 Å². The molecular weight excluding hydrogens is 846 g/mol. The second-order valence-corrected chi connectivity index (χ2v) is 12.5. The molecule has 0 radical (unpaired) electrons. The quantitative estimate of drug-likeness (QED) is 0.0759. The van der Waals surface area contributed by atoms with Gasteiger partial charge in [-0.15, -0.1) is 4.95 Å². The normalized spacial score (nSPS) is 14.1. The lowest BCUT2D eigenvalue weighted by atomic mass is 9.91. The summed E-state index contributed by atoms with van der Waals surface area (Å²) in [7, 11) is 0. The fourth-order valence-corrected chi connectivity index (χ4v) is 6.36. The number of hydrogen-bond acceptors (Lipinski definition) is 7. The van der Waals surface area contributed by atoms with Crippen molar-refractivity contribution in [2.24, 2.45) is 10.1 Å². The SMILES string of the molecule is [C-]#[N+]/N=C1/c2nc(-c3ccc(F)cc3F)c(-c3ccc(F)cc3C(F)(F)F)nc2/C(=N\C#N)c2nc(-c3ccc(F)cc3C(F)(F)F)c(-c3ccc(F)cc3C(F)(F)F)nc21. The molecule has 2 aromatic heterocycles. The highest BCUT2D eigenvalue weighted by atomic mass is 19.4. The largest absolute Gasteiger partial charge is 0.417 e. The zero-order valence-electron chi connectivity index (χ0n) is 29.3. The molecule has 2 heterocycles. The Balaban J connectivity index is 1.67. The molecule has 0 atom stereocenters. The minimum Gasteiger partial charge on any atom is -0.241 e. The third kappa shape index (κ3) is 7.59. The molecule has 22 heteroatoms. The summed E-state index contributed by atoms with van der Waals surface area (Å²) in [4.78, 5) is 23.0. The number of nitrogens with zero attached hydrogens (tertiary/aromatic N) is 8. The second-order valence-electron chi connectivity index (χ2n) is 12.5. The van der Waals surface area contributed by atoms with E-state index in [-0.39, 0.29) is 18.2 Å². The zero-order chi connectivity index (χ0) is 44.3. The van der Waals surface area contributed by atoms with E-state index in [1.807, 2.05) is 0 Å². The Kier molecular flexibility index (Phi) is 10.1. The minimum absolute atomic E-state index is 0.0250. The summed E-state index contributed by atoms with van der Waals surface area (Å²) in [6.45, 7) is 7.52. The van der Waals surface area contributed by atoms with E-state index in [9.17, 15) is 62.3 Å². The van der Waals surface area contributed by atoms with Crippen LogP contribution in [0.5, 0.6) is 0 Å². The number of fused-ring (bicyclic) bond motifs is 2. The lowest BCUT2D eigenvalue weighted by Gasteiger charge is -2.24. The van der Waals surface area contributed by atoms with Gasteiger partial charge in [-0.1, -0.05) is 0 Å². The Morgan fingerprint density at radius 1 is 0.459 bits per heavy atom. The van der Waals surface area contributed by atoms with Gasteiger partial charge < -0.3 is 0 Å². The first-order valence-corrected chi connectivity index (χ1v) is 16.5. The van der Waals surface area contributed by atoms with Crippen LogP contribution in [0.25, 0.3) is 50.0 Å². The van der Waals surface area contributed by atoms with Crippen LogP contribution >= 0.6 is 0 Å². The molecule has 61 heavy (non-hydrogen) atoms. The predicted octanol–water partition coefficient (Wildman–Crippen LogP) is 11.0. The summed E-state index contributed by atoms with van der Waals surface area (Å²) in [5, 5.41) is 13.4. The van der Waals surface area contributed by atoms with Crippen molar-refractivity contribution in [1.29, 1.82) is 5.26 Å². The Bertz CT molecular complexity index is 2970. The highest BCUT2D eigenvalue weighted by Gasteiger charge is 2.43. The Hall–Kier alpha value is -7.62. The van der Waals surface area contributed by atoms with Crippen molar-refractivity contribution in [3.8, 4) is 51.2 Å². The van der Waals surface area contributed by atoms with E-state index >= 15 is 4.39 Å². The van der Waals surface area contributed by atoms with Gasteiger partial charge >= 0.3 is 18.5 Å². The van der Waals surface area contributed by atoms with Crippen LogP contribution in [0.4, 0.5) is 61.5 Å². The molecule has 0 unspecified atom stereocenters. The first kappa shape index (κ1) is 41.5. The molecular formula is C39H12F14N8. The summed E-state index contributed by atoms with van der Waals surface area (Å²) in [5.74, 6) is -6.97. The lowest BCUT2D eigenvalue weighted by molar-refractivity contribution is -0.138. The Labute approximate surface area is 330 Å². The van der Waals surface area contributed by atoms with E-state index < -0.39 is 144 Å². The maximum absolute atomic E-state index is 15.5. The Morgan fingerprint density at radius 2 is 0.770 bits per heavy atom. The van der Waals surface area contributed by atoms with Gasteiger partial charge in [0.25, 0.3) is 0 Å². The summed E-state index contributed by atoms with van der Waals surface area (Å²) in [6, 6.07) is 4.67. The van der Waals surface area contributed by atoms with E-state index in [0.717, 1.165) is 0 Å². The van der Waals surface area contributed by atoms with Gasteiger partial charge in [-0.3, -0.25) is 0 Å². The molecule has 0 saturated heterocycles. The number of aliphatic imine (C=N–C) groups is 1. The summed E-state index contributed by atoms with van der Waals surface area (Å²) >= 11 is 0. The summed E-state index contributed by atoms with van der Waals surface area (Å²) < 4.78 is 203. The van der Waals surface area contributed by atoms with Crippen LogP contribution in [0.15, 0.2) is 82.9 Å². The average molecular weight is 859 g/mol. The smallest absolute Gasteiger partial charge is 0.241 e. The van der Waals surface area contributed by atoms with Crippen LogP contribution in [-0.2, 0) is 18.5 Å². The van der Waals surface area contributed by atoms with Gasteiger partial charge in [0.2, 0.25) is 11.9 Å². The number of aromatic nitrogens is 4. The van der Waals surface area contributed by atoms with Gasteiger partial charge in [-0.25, -0.2) is 41.9 Å². The third-order valence-corrected chi connectivity index (χ3v) is 8.81. The Morgan fingerprint density at radius 3 is 1.08 bits per heavy atom. The van der Waals surface area contributed by atoms with Gasteiger partial charge in [0.05, 0.1) is 38.9 Å². The predicted molar refractivity (Wildman–Crippen MR) is 184 cm³/mol. The van der Waals surface area contributed by atoms with Gasteiger partial charge in [0.1, 0.15) is 63.3 Å². The van der Waals surface area contributed by atoms with Crippen molar-refractivity contribution < 1.29 is 61.5 Å². The van der Waals surface area contributed by atoms with Crippen molar-refractivity contribution >= 4 is 11.4 Å². The van der Waals surface area contributed by atoms with Crippen molar-refractivity contribution in [1.82, 2.24) is 19.9 Å². The molecule has 1 aliphatic rings.